The molecule has 1 aliphatic heterocycles. The van der Waals surface area contributed by atoms with Gasteiger partial charge in [0.1, 0.15) is 17.1 Å². The fraction of sp³-hybridized carbons (Fsp3) is 0.238. The normalized spacial score (nSPS) is 13.9. The van der Waals surface area contributed by atoms with E-state index in [4.69, 9.17) is 21.1 Å². The Bertz CT molecular complexity index is 1090. The molecule has 1 fully saturated rings. The molecule has 30 heavy (non-hydrogen) atoms. The monoisotopic (exact) mass is 430 g/mol. The Morgan fingerprint density at radius 1 is 1.17 bits per heavy atom. The maximum absolute atomic E-state index is 14.7. The van der Waals surface area contributed by atoms with Crippen LogP contribution in [0.15, 0.2) is 42.5 Å². The van der Waals surface area contributed by atoms with E-state index in [9.17, 15) is 9.18 Å². The number of rotatable bonds is 4. The van der Waals surface area contributed by atoms with Crippen molar-refractivity contribution in [2.75, 3.05) is 48.9 Å². The van der Waals surface area contributed by atoms with Gasteiger partial charge < -0.3 is 25.0 Å². The molecular weight excluding hydrogens is 411 g/mol. The number of urea groups is 1. The van der Waals surface area contributed by atoms with E-state index in [-0.39, 0.29) is 5.52 Å². The summed E-state index contributed by atoms with van der Waals surface area (Å²) in [5.74, 6) is 0.647. The van der Waals surface area contributed by atoms with Gasteiger partial charge in [-0.25, -0.2) is 14.2 Å². The van der Waals surface area contributed by atoms with Crippen LogP contribution < -0.4 is 20.3 Å². The number of carbonyl (C=O) groups is 1. The van der Waals surface area contributed by atoms with E-state index in [2.05, 4.69) is 20.5 Å². The maximum atomic E-state index is 14.7. The number of methoxy groups -OCH3 is 1. The van der Waals surface area contributed by atoms with Crippen molar-refractivity contribution in [2.24, 2.45) is 0 Å². The molecule has 1 aliphatic rings. The quantitative estimate of drug-likeness (QED) is 0.636. The van der Waals surface area contributed by atoms with Crippen molar-refractivity contribution in [2.45, 2.75) is 0 Å². The van der Waals surface area contributed by atoms with Gasteiger partial charge in [0.25, 0.3) is 0 Å². The van der Waals surface area contributed by atoms with Crippen molar-refractivity contribution in [3.63, 3.8) is 0 Å². The van der Waals surface area contributed by atoms with Crippen LogP contribution in [0.3, 0.4) is 0 Å². The first kappa shape index (κ1) is 20.2. The predicted molar refractivity (Wildman–Crippen MR) is 115 cm³/mol. The Hall–Kier alpha value is -3.10. The molecule has 2 N–H and O–H groups in total. The molecule has 1 saturated heterocycles. The SMILES string of the molecule is COc1ccc(Cl)cc1NC(=O)Nc1cc(F)c2nc(N3CCOCC3)ccc2c1. The van der Waals surface area contributed by atoms with Crippen LogP contribution in [0.2, 0.25) is 5.02 Å². The highest BCUT2D eigenvalue weighted by Gasteiger charge is 2.15. The Morgan fingerprint density at radius 2 is 1.97 bits per heavy atom. The maximum Gasteiger partial charge on any atom is 0.323 e. The minimum Gasteiger partial charge on any atom is -0.495 e. The molecule has 0 atom stereocenters. The number of hydrogen-bond donors (Lipinski definition) is 2. The molecule has 2 heterocycles. The highest BCUT2D eigenvalue weighted by atomic mass is 35.5. The average Bonchev–Trinajstić information content (AvgIpc) is 2.74. The summed E-state index contributed by atoms with van der Waals surface area (Å²) < 4.78 is 25.3. The number of nitrogens with one attached hydrogen (secondary N) is 2. The molecule has 0 bridgehead atoms. The summed E-state index contributed by atoms with van der Waals surface area (Å²) >= 11 is 5.98. The van der Waals surface area contributed by atoms with Gasteiger partial charge in [0.15, 0.2) is 5.82 Å². The van der Waals surface area contributed by atoms with Gasteiger partial charge in [0.2, 0.25) is 0 Å². The van der Waals surface area contributed by atoms with Gasteiger partial charge in [-0.3, -0.25) is 0 Å². The van der Waals surface area contributed by atoms with E-state index in [1.165, 1.54) is 13.2 Å². The largest absolute Gasteiger partial charge is 0.495 e. The molecule has 2 aromatic carbocycles. The van der Waals surface area contributed by atoms with Crippen molar-refractivity contribution in [3.8, 4) is 5.75 Å². The molecule has 1 aromatic heterocycles. The van der Waals surface area contributed by atoms with E-state index in [0.717, 1.165) is 0 Å². The molecule has 0 saturated carbocycles. The fourth-order valence-electron chi connectivity index (χ4n) is 3.28. The Balaban J connectivity index is 1.53. The first-order chi connectivity index (χ1) is 14.5. The molecule has 156 valence electrons. The lowest BCUT2D eigenvalue weighted by atomic mass is 10.2. The van der Waals surface area contributed by atoms with E-state index in [1.54, 1.807) is 30.3 Å². The fourth-order valence-corrected chi connectivity index (χ4v) is 3.46. The van der Waals surface area contributed by atoms with Crippen molar-refractivity contribution in [1.29, 1.82) is 0 Å². The number of carbonyl (C=O) groups excluding carboxylic acids is 1. The molecule has 0 aliphatic carbocycles. The van der Waals surface area contributed by atoms with Crippen molar-refractivity contribution in [3.05, 3.63) is 53.3 Å². The third-order valence-electron chi connectivity index (χ3n) is 4.73. The number of hydrogen-bond acceptors (Lipinski definition) is 5. The van der Waals surface area contributed by atoms with Gasteiger partial charge in [-0.15, -0.1) is 0 Å². The lowest BCUT2D eigenvalue weighted by molar-refractivity contribution is 0.122. The van der Waals surface area contributed by atoms with E-state index >= 15 is 0 Å². The molecule has 2 amide bonds. The minimum absolute atomic E-state index is 0.251. The van der Waals surface area contributed by atoms with Gasteiger partial charge in [-0.1, -0.05) is 11.6 Å². The zero-order chi connectivity index (χ0) is 21.1. The van der Waals surface area contributed by atoms with Crippen LogP contribution in [0.25, 0.3) is 10.9 Å². The standard InChI is InChI=1S/C21H20ClFN4O3/c1-29-18-4-3-14(22)11-17(18)25-21(28)24-15-10-13-2-5-19(26-20(13)16(23)12-15)27-6-8-30-9-7-27/h2-5,10-12H,6-9H2,1H3,(H2,24,25,28). The Kier molecular flexibility index (Phi) is 5.87. The molecule has 0 spiro atoms. The number of fused-ring (bicyclic) bond motifs is 1. The molecule has 0 unspecified atom stereocenters. The zero-order valence-corrected chi connectivity index (χ0v) is 17.0. The number of ether oxygens (including phenoxy) is 2. The van der Waals surface area contributed by atoms with E-state index in [1.807, 2.05) is 6.07 Å². The second-order valence-corrected chi connectivity index (χ2v) is 7.16. The number of benzene rings is 2. The van der Waals surface area contributed by atoms with Gasteiger partial charge in [0.05, 0.1) is 26.0 Å². The number of aromatic nitrogens is 1. The Morgan fingerprint density at radius 3 is 2.73 bits per heavy atom. The smallest absolute Gasteiger partial charge is 0.323 e. The van der Waals surface area contributed by atoms with Crippen molar-refractivity contribution in [1.82, 2.24) is 4.98 Å². The second-order valence-electron chi connectivity index (χ2n) is 6.72. The summed E-state index contributed by atoms with van der Waals surface area (Å²) in [7, 11) is 1.49. The number of halogens is 2. The lowest BCUT2D eigenvalue weighted by Crippen LogP contribution is -2.36. The number of amides is 2. The summed E-state index contributed by atoms with van der Waals surface area (Å²) in [4.78, 5) is 18.9. The van der Waals surface area contributed by atoms with E-state index < -0.39 is 11.8 Å². The van der Waals surface area contributed by atoms with Gasteiger partial charge in [0, 0.05) is 29.2 Å². The first-order valence-corrected chi connectivity index (χ1v) is 9.76. The Labute approximate surface area is 177 Å². The van der Waals surface area contributed by atoms with Gasteiger partial charge >= 0.3 is 6.03 Å². The number of pyridine rings is 1. The van der Waals surface area contributed by atoms with Gasteiger partial charge in [-0.05, 0) is 42.5 Å². The van der Waals surface area contributed by atoms with Crippen LogP contribution in [0.1, 0.15) is 0 Å². The molecule has 0 radical (unpaired) electrons. The third-order valence-corrected chi connectivity index (χ3v) is 4.97. The highest BCUT2D eigenvalue weighted by Crippen LogP contribution is 2.28. The summed E-state index contributed by atoms with van der Waals surface area (Å²) in [6.45, 7) is 2.68. The third kappa shape index (κ3) is 4.39. The predicted octanol–water partition coefficient (Wildman–Crippen LogP) is 4.52. The molecule has 7 nitrogen and oxygen atoms in total. The number of anilines is 3. The van der Waals surface area contributed by atoms with Crippen LogP contribution in [0.5, 0.6) is 5.75 Å². The molecule has 3 aromatic rings. The van der Waals surface area contributed by atoms with Crippen molar-refractivity contribution < 1.29 is 18.7 Å². The van der Waals surface area contributed by atoms with Crippen LogP contribution >= 0.6 is 11.6 Å². The summed E-state index contributed by atoms with van der Waals surface area (Å²) in [5.41, 5.74) is 0.960. The summed E-state index contributed by atoms with van der Waals surface area (Å²) in [5, 5.41) is 6.32. The number of morpholine rings is 1. The van der Waals surface area contributed by atoms with Crippen molar-refractivity contribution >= 4 is 45.7 Å². The van der Waals surface area contributed by atoms with Gasteiger partial charge in [-0.2, -0.15) is 0 Å². The zero-order valence-electron chi connectivity index (χ0n) is 16.2. The van der Waals surface area contributed by atoms with Crippen LogP contribution in [-0.2, 0) is 4.74 Å². The van der Waals surface area contributed by atoms with Crippen LogP contribution in [-0.4, -0.2) is 44.4 Å². The lowest BCUT2D eigenvalue weighted by Gasteiger charge is -2.28. The van der Waals surface area contributed by atoms with Crippen LogP contribution in [0.4, 0.5) is 26.4 Å². The van der Waals surface area contributed by atoms with Crippen LogP contribution in [0, 0.1) is 5.82 Å². The van der Waals surface area contributed by atoms with E-state index in [0.29, 0.717) is 59.7 Å². The molecule has 4 rings (SSSR count). The topological polar surface area (TPSA) is 75.7 Å². The summed E-state index contributed by atoms with van der Waals surface area (Å²) in [6.07, 6.45) is 0. The minimum atomic E-state index is -0.549. The highest BCUT2D eigenvalue weighted by molar-refractivity contribution is 6.31. The summed E-state index contributed by atoms with van der Waals surface area (Å²) in [6, 6.07) is 10.9. The first-order valence-electron chi connectivity index (χ1n) is 9.38. The number of nitrogens with zero attached hydrogens (tertiary/aromatic N) is 2. The average molecular weight is 431 g/mol. The molecule has 9 heteroatoms. The second kappa shape index (κ2) is 8.73. The molecular formula is C21H20ClFN4O3.